The van der Waals surface area contributed by atoms with Gasteiger partial charge in [-0.25, -0.2) is 0 Å². The van der Waals surface area contributed by atoms with Gasteiger partial charge in [0.05, 0.1) is 6.07 Å². The Kier molecular flexibility index (Phi) is 5.17. The summed E-state index contributed by atoms with van der Waals surface area (Å²) in [5.41, 5.74) is 1.19. The fourth-order valence-corrected chi connectivity index (χ4v) is 2.65. The Labute approximate surface area is 121 Å². The maximum absolute atomic E-state index is 12.4. The van der Waals surface area contributed by atoms with Gasteiger partial charge in [-0.2, -0.15) is 5.26 Å². The summed E-state index contributed by atoms with van der Waals surface area (Å²) in [6.07, 6.45) is 3.52. The number of benzene rings is 1. The summed E-state index contributed by atoms with van der Waals surface area (Å²) in [7, 11) is 0. The Bertz CT molecular complexity index is 470. The molecular formula is C17H22N2O. The van der Waals surface area contributed by atoms with E-state index in [1.165, 1.54) is 5.56 Å². The molecule has 1 unspecified atom stereocenters. The number of carbonyl (C=O) groups is 1. The number of rotatable bonds is 4. The van der Waals surface area contributed by atoms with Crippen molar-refractivity contribution in [1.29, 1.82) is 5.26 Å². The van der Waals surface area contributed by atoms with Gasteiger partial charge in [0, 0.05) is 13.1 Å². The van der Waals surface area contributed by atoms with Crippen molar-refractivity contribution < 1.29 is 4.79 Å². The average molecular weight is 270 g/mol. The number of aryl methyl sites for hydroxylation is 1. The van der Waals surface area contributed by atoms with Crippen molar-refractivity contribution in [3.63, 3.8) is 0 Å². The molecule has 0 N–H and O–H groups in total. The SMILES string of the molecule is CC1CCN(C(=O)C(C#N)CCc2ccccc2)CC1. The van der Waals surface area contributed by atoms with Crippen LogP contribution in [0, 0.1) is 23.2 Å². The van der Waals surface area contributed by atoms with Crippen LogP contribution in [0.15, 0.2) is 30.3 Å². The van der Waals surface area contributed by atoms with Crippen molar-refractivity contribution in [1.82, 2.24) is 4.90 Å². The van der Waals surface area contributed by atoms with E-state index in [1.807, 2.05) is 35.2 Å². The van der Waals surface area contributed by atoms with Crippen molar-refractivity contribution in [3.8, 4) is 6.07 Å². The molecule has 3 heteroatoms. The van der Waals surface area contributed by atoms with E-state index in [9.17, 15) is 10.1 Å². The van der Waals surface area contributed by atoms with Gasteiger partial charge in [0.25, 0.3) is 0 Å². The number of nitriles is 1. The summed E-state index contributed by atoms with van der Waals surface area (Å²) >= 11 is 0. The Hall–Kier alpha value is -1.82. The molecule has 20 heavy (non-hydrogen) atoms. The standard InChI is InChI=1S/C17H22N2O/c1-14-9-11-19(12-10-14)17(20)16(13-18)8-7-15-5-3-2-4-6-15/h2-6,14,16H,7-12H2,1H3. The molecule has 1 aliphatic rings. The van der Waals surface area contributed by atoms with Crippen LogP contribution in [0.1, 0.15) is 31.7 Å². The second kappa shape index (κ2) is 7.09. The highest BCUT2D eigenvalue weighted by atomic mass is 16.2. The first-order valence-corrected chi connectivity index (χ1v) is 7.43. The van der Waals surface area contributed by atoms with E-state index in [1.54, 1.807) is 0 Å². The second-order valence-corrected chi connectivity index (χ2v) is 5.71. The maximum Gasteiger partial charge on any atom is 0.239 e. The van der Waals surface area contributed by atoms with Crippen molar-refractivity contribution >= 4 is 5.91 Å². The molecule has 106 valence electrons. The number of piperidine rings is 1. The van der Waals surface area contributed by atoms with Gasteiger partial charge in [-0.05, 0) is 37.2 Å². The molecule has 1 amide bonds. The monoisotopic (exact) mass is 270 g/mol. The van der Waals surface area contributed by atoms with Crippen LogP contribution < -0.4 is 0 Å². The third kappa shape index (κ3) is 3.84. The lowest BCUT2D eigenvalue weighted by Crippen LogP contribution is -2.41. The quantitative estimate of drug-likeness (QED) is 0.844. The molecule has 0 aromatic heterocycles. The minimum absolute atomic E-state index is 0.0235. The molecule has 2 rings (SSSR count). The number of nitrogens with zero attached hydrogens (tertiary/aromatic N) is 2. The van der Waals surface area contributed by atoms with Crippen LogP contribution in [0.4, 0.5) is 0 Å². The van der Waals surface area contributed by atoms with Gasteiger partial charge in [0.2, 0.25) is 5.91 Å². The summed E-state index contributed by atoms with van der Waals surface area (Å²) in [5, 5.41) is 9.26. The highest BCUT2D eigenvalue weighted by molar-refractivity contribution is 5.81. The Morgan fingerprint density at radius 1 is 1.35 bits per heavy atom. The first kappa shape index (κ1) is 14.6. The maximum atomic E-state index is 12.4. The Balaban J connectivity index is 1.88. The van der Waals surface area contributed by atoms with Crippen LogP contribution in [0.25, 0.3) is 0 Å². The van der Waals surface area contributed by atoms with Gasteiger partial charge in [-0.1, -0.05) is 37.3 Å². The van der Waals surface area contributed by atoms with Crippen LogP contribution in [0.5, 0.6) is 0 Å². The van der Waals surface area contributed by atoms with Crippen molar-refractivity contribution in [2.75, 3.05) is 13.1 Å². The van der Waals surface area contributed by atoms with E-state index in [2.05, 4.69) is 13.0 Å². The zero-order valence-corrected chi connectivity index (χ0v) is 12.1. The highest BCUT2D eigenvalue weighted by Gasteiger charge is 2.26. The molecule has 0 saturated carbocycles. The molecule has 1 aliphatic heterocycles. The summed E-state index contributed by atoms with van der Waals surface area (Å²) < 4.78 is 0. The summed E-state index contributed by atoms with van der Waals surface area (Å²) in [5.74, 6) is 0.225. The molecule has 0 aliphatic carbocycles. The van der Waals surface area contributed by atoms with E-state index < -0.39 is 5.92 Å². The summed E-state index contributed by atoms with van der Waals surface area (Å²) in [6, 6.07) is 12.2. The Morgan fingerprint density at radius 3 is 2.60 bits per heavy atom. The first-order chi connectivity index (χ1) is 9.70. The molecule has 0 radical (unpaired) electrons. The second-order valence-electron chi connectivity index (χ2n) is 5.71. The van der Waals surface area contributed by atoms with Crippen molar-refractivity contribution in [3.05, 3.63) is 35.9 Å². The van der Waals surface area contributed by atoms with Gasteiger partial charge in [0.1, 0.15) is 5.92 Å². The average Bonchev–Trinajstić information content (AvgIpc) is 2.49. The summed E-state index contributed by atoms with van der Waals surface area (Å²) in [6.45, 7) is 3.84. The minimum Gasteiger partial charge on any atom is -0.342 e. The molecule has 1 heterocycles. The largest absolute Gasteiger partial charge is 0.342 e. The predicted octanol–water partition coefficient (Wildman–Crippen LogP) is 3.02. The predicted molar refractivity (Wildman–Crippen MR) is 78.8 cm³/mol. The van der Waals surface area contributed by atoms with Gasteiger partial charge in [-0.15, -0.1) is 0 Å². The third-order valence-electron chi connectivity index (χ3n) is 4.11. The number of carbonyl (C=O) groups excluding carboxylic acids is 1. The zero-order valence-electron chi connectivity index (χ0n) is 12.1. The number of hydrogen-bond donors (Lipinski definition) is 0. The van der Waals surface area contributed by atoms with Crippen molar-refractivity contribution in [2.45, 2.75) is 32.6 Å². The van der Waals surface area contributed by atoms with Gasteiger partial charge in [0.15, 0.2) is 0 Å². The molecule has 0 bridgehead atoms. The lowest BCUT2D eigenvalue weighted by atomic mass is 9.95. The minimum atomic E-state index is -0.497. The fraction of sp³-hybridized carbons (Fsp3) is 0.529. The number of hydrogen-bond acceptors (Lipinski definition) is 2. The molecule has 1 aromatic carbocycles. The normalized spacial score (nSPS) is 17.5. The smallest absolute Gasteiger partial charge is 0.239 e. The topological polar surface area (TPSA) is 44.1 Å². The van der Waals surface area contributed by atoms with Gasteiger partial charge >= 0.3 is 0 Å². The number of amides is 1. The lowest BCUT2D eigenvalue weighted by molar-refractivity contribution is -0.135. The van der Waals surface area contributed by atoms with Crippen LogP contribution >= 0.6 is 0 Å². The zero-order chi connectivity index (χ0) is 14.4. The summed E-state index contributed by atoms with van der Waals surface area (Å²) in [4.78, 5) is 14.2. The van der Waals surface area contributed by atoms with E-state index in [0.717, 1.165) is 32.4 Å². The van der Waals surface area contributed by atoms with Gasteiger partial charge < -0.3 is 4.90 Å². The Morgan fingerprint density at radius 2 is 2.00 bits per heavy atom. The first-order valence-electron chi connectivity index (χ1n) is 7.43. The van der Waals surface area contributed by atoms with E-state index in [4.69, 9.17) is 0 Å². The molecule has 3 nitrogen and oxygen atoms in total. The van der Waals surface area contributed by atoms with Crippen molar-refractivity contribution in [2.24, 2.45) is 11.8 Å². The van der Waals surface area contributed by atoms with Crippen LogP contribution in [0.3, 0.4) is 0 Å². The lowest BCUT2D eigenvalue weighted by Gasteiger charge is -2.31. The molecule has 1 saturated heterocycles. The molecule has 0 spiro atoms. The molecule has 1 atom stereocenters. The van der Waals surface area contributed by atoms with E-state index in [0.29, 0.717) is 12.3 Å². The third-order valence-corrected chi connectivity index (χ3v) is 4.11. The van der Waals surface area contributed by atoms with E-state index in [-0.39, 0.29) is 5.91 Å². The number of likely N-dealkylation sites (tertiary alicyclic amines) is 1. The van der Waals surface area contributed by atoms with Crippen LogP contribution in [-0.4, -0.2) is 23.9 Å². The van der Waals surface area contributed by atoms with Crippen LogP contribution in [-0.2, 0) is 11.2 Å². The van der Waals surface area contributed by atoms with Crippen LogP contribution in [0.2, 0.25) is 0 Å². The van der Waals surface area contributed by atoms with E-state index >= 15 is 0 Å². The molecular weight excluding hydrogens is 248 g/mol. The molecule has 1 fully saturated rings. The van der Waals surface area contributed by atoms with Gasteiger partial charge in [-0.3, -0.25) is 4.79 Å². The highest BCUT2D eigenvalue weighted by Crippen LogP contribution is 2.19. The molecule has 1 aromatic rings. The fourth-order valence-electron chi connectivity index (χ4n) is 2.65.